The van der Waals surface area contributed by atoms with Crippen molar-refractivity contribution in [2.24, 2.45) is 5.92 Å². The van der Waals surface area contributed by atoms with Gasteiger partial charge in [-0.05, 0) is 79.2 Å². The summed E-state index contributed by atoms with van der Waals surface area (Å²) in [6.45, 7) is 3.93. The number of hydrogen-bond acceptors (Lipinski definition) is 4. The van der Waals surface area contributed by atoms with Crippen molar-refractivity contribution in [1.29, 1.82) is 0 Å². The lowest BCUT2D eigenvalue weighted by molar-refractivity contribution is 0.137. The number of pyridine rings is 2. The summed E-state index contributed by atoms with van der Waals surface area (Å²) in [4.78, 5) is 21.0. The number of ether oxygens (including phenoxy) is 1. The third kappa shape index (κ3) is 3.94. The van der Waals surface area contributed by atoms with Gasteiger partial charge in [0.2, 0.25) is 0 Å². The fraction of sp³-hybridized carbons (Fsp3) is 0.333. The summed E-state index contributed by atoms with van der Waals surface area (Å²) < 4.78 is 6.01. The summed E-state index contributed by atoms with van der Waals surface area (Å²) in [5, 5.41) is 1.61. The highest BCUT2D eigenvalue weighted by molar-refractivity contribution is 5.82. The molecule has 1 aliphatic rings. The molecule has 0 amide bonds. The van der Waals surface area contributed by atoms with Gasteiger partial charge in [0.05, 0.1) is 6.61 Å². The Bertz CT molecular complexity index is 915. The van der Waals surface area contributed by atoms with Crippen LogP contribution in [0.3, 0.4) is 0 Å². The first-order valence-electron chi connectivity index (χ1n) is 9.13. The fourth-order valence-corrected chi connectivity index (χ4v) is 3.53. The van der Waals surface area contributed by atoms with Crippen molar-refractivity contribution < 1.29 is 4.74 Å². The van der Waals surface area contributed by atoms with Crippen molar-refractivity contribution in [1.82, 2.24) is 14.9 Å². The molecule has 0 atom stereocenters. The van der Waals surface area contributed by atoms with Crippen LogP contribution >= 0.6 is 0 Å². The monoisotopic (exact) mass is 349 g/mol. The first kappa shape index (κ1) is 16.8. The molecule has 0 aliphatic carbocycles. The summed E-state index contributed by atoms with van der Waals surface area (Å²) in [5.41, 5.74) is 1.26. The van der Waals surface area contributed by atoms with Crippen molar-refractivity contribution in [2.45, 2.75) is 19.4 Å². The standard InChI is InChI=1S/C21H23N3O2/c25-21-20-2-1-19(13-18(20)5-10-23-21)26-15-17-6-11-24(12-7-17)14-16-3-8-22-9-4-16/h1-5,8-10,13,17H,6-7,11-12,14-15H2,(H,23,25). The maximum Gasteiger partial charge on any atom is 0.255 e. The Labute approximate surface area is 152 Å². The molecule has 1 saturated heterocycles. The highest BCUT2D eigenvalue weighted by Crippen LogP contribution is 2.22. The molecule has 1 aliphatic heterocycles. The minimum atomic E-state index is -0.0596. The van der Waals surface area contributed by atoms with Crippen molar-refractivity contribution >= 4 is 10.8 Å². The van der Waals surface area contributed by atoms with Crippen LogP contribution in [0.15, 0.2) is 59.8 Å². The van der Waals surface area contributed by atoms with Gasteiger partial charge in [-0.3, -0.25) is 14.7 Å². The predicted molar refractivity (Wildman–Crippen MR) is 102 cm³/mol. The van der Waals surface area contributed by atoms with Crippen LogP contribution in [0.2, 0.25) is 0 Å². The van der Waals surface area contributed by atoms with Gasteiger partial charge in [0.1, 0.15) is 5.75 Å². The first-order valence-corrected chi connectivity index (χ1v) is 9.13. The molecule has 26 heavy (non-hydrogen) atoms. The topological polar surface area (TPSA) is 58.2 Å². The van der Waals surface area contributed by atoms with Gasteiger partial charge < -0.3 is 9.72 Å². The van der Waals surface area contributed by atoms with Gasteiger partial charge in [-0.25, -0.2) is 0 Å². The fourth-order valence-electron chi connectivity index (χ4n) is 3.53. The predicted octanol–water partition coefficient (Wildman–Crippen LogP) is 3.21. The number of piperidine rings is 1. The molecule has 1 aromatic carbocycles. The maximum atomic E-state index is 11.8. The second kappa shape index (κ2) is 7.70. The third-order valence-corrected chi connectivity index (χ3v) is 5.09. The zero-order valence-corrected chi connectivity index (χ0v) is 14.7. The molecule has 2 aromatic heterocycles. The number of benzene rings is 1. The molecule has 1 N–H and O–H groups in total. The number of likely N-dealkylation sites (tertiary alicyclic amines) is 1. The maximum absolute atomic E-state index is 11.8. The van der Waals surface area contributed by atoms with Crippen LogP contribution in [0.5, 0.6) is 5.75 Å². The second-order valence-corrected chi connectivity index (χ2v) is 6.94. The smallest absolute Gasteiger partial charge is 0.255 e. The third-order valence-electron chi connectivity index (χ3n) is 5.09. The Morgan fingerprint density at radius 2 is 1.92 bits per heavy atom. The van der Waals surface area contributed by atoms with Crippen LogP contribution in [0.4, 0.5) is 0 Å². The molecule has 0 saturated carbocycles. The van der Waals surface area contributed by atoms with Gasteiger partial charge in [-0.2, -0.15) is 0 Å². The number of nitrogens with one attached hydrogen (secondary N) is 1. The van der Waals surface area contributed by atoms with Crippen molar-refractivity contribution in [3.63, 3.8) is 0 Å². The Balaban J connectivity index is 1.29. The summed E-state index contributed by atoms with van der Waals surface area (Å²) in [5.74, 6) is 1.42. The number of nitrogens with zero attached hydrogens (tertiary/aromatic N) is 2. The van der Waals surface area contributed by atoms with E-state index < -0.39 is 0 Å². The van der Waals surface area contributed by atoms with Gasteiger partial charge in [0.25, 0.3) is 5.56 Å². The largest absolute Gasteiger partial charge is 0.493 e. The molecular weight excluding hydrogens is 326 g/mol. The van der Waals surface area contributed by atoms with E-state index in [9.17, 15) is 4.79 Å². The van der Waals surface area contributed by atoms with E-state index in [0.717, 1.165) is 50.2 Å². The number of hydrogen-bond donors (Lipinski definition) is 1. The van der Waals surface area contributed by atoms with E-state index in [1.54, 1.807) is 6.20 Å². The first-order chi connectivity index (χ1) is 12.8. The van der Waals surface area contributed by atoms with Gasteiger partial charge in [0, 0.05) is 30.5 Å². The van der Waals surface area contributed by atoms with Crippen LogP contribution in [0.1, 0.15) is 18.4 Å². The molecule has 134 valence electrons. The minimum Gasteiger partial charge on any atom is -0.493 e. The second-order valence-electron chi connectivity index (χ2n) is 6.94. The van der Waals surface area contributed by atoms with Gasteiger partial charge in [0.15, 0.2) is 0 Å². The van der Waals surface area contributed by atoms with Crippen LogP contribution in [-0.2, 0) is 6.54 Å². The summed E-state index contributed by atoms with van der Waals surface area (Å²) in [6, 6.07) is 11.7. The Morgan fingerprint density at radius 1 is 1.12 bits per heavy atom. The highest BCUT2D eigenvalue weighted by atomic mass is 16.5. The van der Waals surface area contributed by atoms with E-state index in [-0.39, 0.29) is 5.56 Å². The molecule has 5 heteroatoms. The van der Waals surface area contributed by atoms with Gasteiger partial charge in [-0.15, -0.1) is 0 Å². The molecule has 0 unspecified atom stereocenters. The van der Waals surface area contributed by atoms with Crippen molar-refractivity contribution in [2.75, 3.05) is 19.7 Å². The van der Waals surface area contributed by atoms with Crippen molar-refractivity contribution in [3.05, 3.63) is 70.9 Å². The number of H-pyrrole nitrogens is 1. The van der Waals surface area contributed by atoms with Gasteiger partial charge in [-0.1, -0.05) is 0 Å². The average Bonchev–Trinajstić information content (AvgIpc) is 2.68. The van der Waals surface area contributed by atoms with Crippen LogP contribution < -0.4 is 10.3 Å². The van der Waals surface area contributed by atoms with Crippen LogP contribution in [-0.4, -0.2) is 34.6 Å². The normalized spacial score (nSPS) is 16.0. The van der Waals surface area contributed by atoms with E-state index >= 15 is 0 Å². The van der Waals surface area contributed by atoms with Crippen LogP contribution in [0.25, 0.3) is 10.8 Å². The van der Waals surface area contributed by atoms with E-state index in [1.807, 2.05) is 36.7 Å². The molecule has 3 heterocycles. The number of aromatic amines is 1. The van der Waals surface area contributed by atoms with E-state index in [4.69, 9.17) is 4.74 Å². The molecule has 0 spiro atoms. The molecule has 0 radical (unpaired) electrons. The van der Waals surface area contributed by atoms with E-state index in [2.05, 4.69) is 27.0 Å². The zero-order valence-electron chi connectivity index (χ0n) is 14.7. The molecule has 0 bridgehead atoms. The average molecular weight is 349 g/mol. The molecule has 4 rings (SSSR count). The Morgan fingerprint density at radius 3 is 2.73 bits per heavy atom. The molecule has 5 nitrogen and oxygen atoms in total. The lowest BCUT2D eigenvalue weighted by Gasteiger charge is -2.31. The molecule has 3 aromatic rings. The summed E-state index contributed by atoms with van der Waals surface area (Å²) >= 11 is 0. The molecule has 1 fully saturated rings. The lowest BCUT2D eigenvalue weighted by atomic mass is 9.97. The Hall–Kier alpha value is -2.66. The molecular formula is C21H23N3O2. The summed E-state index contributed by atoms with van der Waals surface area (Å²) in [6.07, 6.45) is 7.68. The lowest BCUT2D eigenvalue weighted by Crippen LogP contribution is -2.35. The number of fused-ring (bicyclic) bond motifs is 1. The quantitative estimate of drug-likeness (QED) is 0.768. The highest BCUT2D eigenvalue weighted by Gasteiger charge is 2.19. The SMILES string of the molecule is O=c1[nH]ccc2cc(OCC3CCN(Cc4ccncc4)CC3)ccc12. The zero-order chi connectivity index (χ0) is 17.8. The van der Waals surface area contributed by atoms with Gasteiger partial charge >= 0.3 is 0 Å². The minimum absolute atomic E-state index is 0.0596. The number of aromatic nitrogens is 2. The summed E-state index contributed by atoms with van der Waals surface area (Å²) in [7, 11) is 0. The van der Waals surface area contributed by atoms with Crippen LogP contribution in [0, 0.1) is 5.92 Å². The van der Waals surface area contributed by atoms with Crippen molar-refractivity contribution in [3.8, 4) is 5.75 Å². The Kier molecular flexibility index (Phi) is 4.97. The number of rotatable bonds is 5. The van der Waals surface area contributed by atoms with E-state index in [0.29, 0.717) is 11.3 Å². The van der Waals surface area contributed by atoms with E-state index in [1.165, 1.54) is 5.56 Å².